The van der Waals surface area contributed by atoms with Crippen molar-refractivity contribution >= 4 is 11.9 Å². The number of carboxylic acids is 1. The Morgan fingerprint density at radius 1 is 1.09 bits per heavy atom. The van der Waals surface area contributed by atoms with Gasteiger partial charge in [-0.2, -0.15) is 0 Å². The quantitative estimate of drug-likeness (QED) is 0.889. The molecule has 0 spiro atoms. The van der Waals surface area contributed by atoms with E-state index in [0.29, 0.717) is 12.2 Å². The number of hydrogen-bond acceptors (Lipinski definition) is 3. The van der Waals surface area contributed by atoms with Crippen molar-refractivity contribution in [1.29, 1.82) is 0 Å². The van der Waals surface area contributed by atoms with Crippen LogP contribution in [-0.4, -0.2) is 28.5 Å². The molecular weight excluding hydrogens is 292 g/mol. The van der Waals surface area contributed by atoms with Gasteiger partial charge in [-0.15, -0.1) is 0 Å². The summed E-state index contributed by atoms with van der Waals surface area (Å²) in [5.41, 5.74) is 4.25. The molecule has 0 unspecified atom stereocenters. The highest BCUT2D eigenvalue weighted by Gasteiger charge is 2.12. The minimum atomic E-state index is -1.04. The SMILES string of the molecule is Cc1cc(C)cc(CCNC(=O)c2ccc(C(=O)O)c(C)n2)c1. The number of carbonyl (C=O) groups is 2. The summed E-state index contributed by atoms with van der Waals surface area (Å²) in [6.07, 6.45) is 0.737. The molecule has 1 heterocycles. The van der Waals surface area contributed by atoms with Gasteiger partial charge in [0.05, 0.1) is 11.3 Å². The number of pyridine rings is 1. The Kier molecular flexibility index (Phi) is 5.11. The average molecular weight is 312 g/mol. The van der Waals surface area contributed by atoms with Crippen LogP contribution in [0.1, 0.15) is 43.2 Å². The predicted octanol–water partition coefficient (Wildman–Crippen LogP) is 2.68. The number of carboxylic acid groups (broad SMARTS) is 1. The van der Waals surface area contributed by atoms with Crippen molar-refractivity contribution in [3.63, 3.8) is 0 Å². The highest BCUT2D eigenvalue weighted by Crippen LogP contribution is 2.10. The summed E-state index contributed by atoms with van der Waals surface area (Å²) in [4.78, 5) is 27.1. The molecule has 1 aromatic heterocycles. The van der Waals surface area contributed by atoms with Crippen molar-refractivity contribution in [3.05, 3.63) is 64.0 Å². The van der Waals surface area contributed by atoms with E-state index in [1.807, 2.05) is 13.8 Å². The van der Waals surface area contributed by atoms with Gasteiger partial charge in [-0.3, -0.25) is 4.79 Å². The number of nitrogens with one attached hydrogen (secondary N) is 1. The summed E-state index contributed by atoms with van der Waals surface area (Å²) < 4.78 is 0. The van der Waals surface area contributed by atoms with Gasteiger partial charge in [-0.25, -0.2) is 9.78 Å². The van der Waals surface area contributed by atoms with Crippen molar-refractivity contribution in [1.82, 2.24) is 10.3 Å². The normalized spacial score (nSPS) is 10.4. The van der Waals surface area contributed by atoms with E-state index in [2.05, 4.69) is 28.5 Å². The Morgan fingerprint density at radius 3 is 2.30 bits per heavy atom. The first kappa shape index (κ1) is 16.7. The molecule has 0 aliphatic heterocycles. The van der Waals surface area contributed by atoms with Gasteiger partial charge in [0.15, 0.2) is 0 Å². The van der Waals surface area contributed by atoms with Gasteiger partial charge in [0.2, 0.25) is 0 Å². The van der Waals surface area contributed by atoms with E-state index in [1.54, 1.807) is 6.92 Å². The molecule has 0 radical (unpaired) electrons. The molecule has 2 N–H and O–H groups in total. The molecule has 5 heteroatoms. The van der Waals surface area contributed by atoms with Crippen LogP contribution in [0.2, 0.25) is 0 Å². The monoisotopic (exact) mass is 312 g/mol. The van der Waals surface area contributed by atoms with Gasteiger partial charge in [-0.1, -0.05) is 29.3 Å². The Morgan fingerprint density at radius 2 is 1.74 bits per heavy atom. The van der Waals surface area contributed by atoms with Gasteiger partial charge in [0.1, 0.15) is 5.69 Å². The maximum absolute atomic E-state index is 12.1. The summed E-state index contributed by atoms with van der Waals surface area (Å²) in [7, 11) is 0. The van der Waals surface area contributed by atoms with Crippen molar-refractivity contribution in [2.45, 2.75) is 27.2 Å². The minimum Gasteiger partial charge on any atom is -0.478 e. The zero-order chi connectivity index (χ0) is 17.0. The lowest BCUT2D eigenvalue weighted by atomic mass is 10.1. The van der Waals surface area contributed by atoms with E-state index < -0.39 is 5.97 Å². The van der Waals surface area contributed by atoms with Gasteiger partial charge < -0.3 is 10.4 Å². The molecule has 1 aromatic carbocycles. The third kappa shape index (κ3) is 4.39. The molecule has 2 rings (SSSR count). The van der Waals surface area contributed by atoms with Crippen LogP contribution in [0, 0.1) is 20.8 Å². The zero-order valence-electron chi connectivity index (χ0n) is 13.5. The largest absolute Gasteiger partial charge is 0.478 e. The predicted molar refractivity (Wildman–Crippen MR) is 87.9 cm³/mol. The fourth-order valence-electron chi connectivity index (χ4n) is 2.54. The molecule has 0 bridgehead atoms. The van der Waals surface area contributed by atoms with Crippen LogP contribution in [0.25, 0.3) is 0 Å². The molecule has 0 aliphatic carbocycles. The summed E-state index contributed by atoms with van der Waals surface area (Å²) in [6, 6.07) is 9.15. The minimum absolute atomic E-state index is 0.108. The number of nitrogens with zero attached hydrogens (tertiary/aromatic N) is 1. The fourth-order valence-corrected chi connectivity index (χ4v) is 2.54. The van der Waals surface area contributed by atoms with E-state index in [9.17, 15) is 9.59 Å². The summed E-state index contributed by atoms with van der Waals surface area (Å²) >= 11 is 0. The Balaban J connectivity index is 1.97. The van der Waals surface area contributed by atoms with Crippen molar-refractivity contribution in [2.75, 3.05) is 6.54 Å². The van der Waals surface area contributed by atoms with E-state index in [1.165, 1.54) is 28.8 Å². The third-order valence-electron chi connectivity index (χ3n) is 3.53. The highest BCUT2D eigenvalue weighted by atomic mass is 16.4. The first-order chi connectivity index (χ1) is 10.9. The molecule has 5 nitrogen and oxygen atoms in total. The van der Waals surface area contributed by atoms with Crippen LogP contribution >= 0.6 is 0 Å². The van der Waals surface area contributed by atoms with Crippen LogP contribution in [0.5, 0.6) is 0 Å². The summed E-state index contributed by atoms with van der Waals surface area (Å²) in [6.45, 7) is 6.18. The number of benzene rings is 1. The van der Waals surface area contributed by atoms with E-state index in [4.69, 9.17) is 5.11 Å². The summed E-state index contributed by atoms with van der Waals surface area (Å²) in [5.74, 6) is -1.34. The molecule has 2 aromatic rings. The van der Waals surface area contributed by atoms with E-state index >= 15 is 0 Å². The standard InChI is InChI=1S/C18H20N2O3/c1-11-8-12(2)10-14(9-11)6-7-19-17(21)16-5-4-15(18(22)23)13(3)20-16/h4-5,8-10H,6-7H2,1-3H3,(H,19,21)(H,22,23). The van der Waals surface area contributed by atoms with Crippen LogP contribution in [0.15, 0.2) is 30.3 Å². The molecular formula is C18H20N2O3. The van der Waals surface area contributed by atoms with Gasteiger partial charge in [0, 0.05) is 6.54 Å². The number of aromatic carboxylic acids is 1. The van der Waals surface area contributed by atoms with Gasteiger partial charge in [0.25, 0.3) is 5.91 Å². The zero-order valence-corrected chi connectivity index (χ0v) is 13.5. The van der Waals surface area contributed by atoms with E-state index in [0.717, 1.165) is 6.42 Å². The molecule has 0 saturated heterocycles. The van der Waals surface area contributed by atoms with E-state index in [-0.39, 0.29) is 17.2 Å². The first-order valence-electron chi connectivity index (χ1n) is 7.43. The van der Waals surface area contributed by atoms with Crippen molar-refractivity contribution in [2.24, 2.45) is 0 Å². The molecule has 23 heavy (non-hydrogen) atoms. The Hall–Kier alpha value is -2.69. The number of aromatic nitrogens is 1. The Labute approximate surface area is 135 Å². The van der Waals surface area contributed by atoms with Crippen LogP contribution in [0.4, 0.5) is 0 Å². The second-order valence-corrected chi connectivity index (χ2v) is 5.64. The second-order valence-electron chi connectivity index (χ2n) is 5.64. The molecule has 120 valence electrons. The van der Waals surface area contributed by atoms with Gasteiger partial charge in [-0.05, 0) is 44.9 Å². The topological polar surface area (TPSA) is 79.3 Å². The number of amides is 1. The maximum Gasteiger partial charge on any atom is 0.337 e. The fraction of sp³-hybridized carbons (Fsp3) is 0.278. The average Bonchev–Trinajstić information content (AvgIpc) is 2.45. The number of aryl methyl sites for hydroxylation is 3. The first-order valence-corrected chi connectivity index (χ1v) is 7.43. The number of hydrogen-bond donors (Lipinski definition) is 2. The van der Waals surface area contributed by atoms with Crippen molar-refractivity contribution in [3.8, 4) is 0 Å². The molecule has 0 aliphatic rings. The van der Waals surface area contributed by atoms with Crippen LogP contribution < -0.4 is 5.32 Å². The molecule has 0 atom stereocenters. The molecule has 1 amide bonds. The van der Waals surface area contributed by atoms with Crippen LogP contribution in [-0.2, 0) is 6.42 Å². The molecule has 0 saturated carbocycles. The van der Waals surface area contributed by atoms with Crippen molar-refractivity contribution < 1.29 is 14.7 Å². The number of carbonyl (C=O) groups excluding carboxylic acids is 1. The second kappa shape index (κ2) is 7.05. The maximum atomic E-state index is 12.1. The molecule has 0 fully saturated rings. The Bertz CT molecular complexity index is 734. The summed E-state index contributed by atoms with van der Waals surface area (Å²) in [5, 5.41) is 11.8. The lowest BCUT2D eigenvalue weighted by Crippen LogP contribution is -2.27. The number of rotatable bonds is 5. The van der Waals surface area contributed by atoms with Gasteiger partial charge >= 0.3 is 5.97 Å². The third-order valence-corrected chi connectivity index (χ3v) is 3.53. The lowest BCUT2D eigenvalue weighted by molar-refractivity contribution is 0.0694. The lowest BCUT2D eigenvalue weighted by Gasteiger charge is -2.08. The van der Waals surface area contributed by atoms with Crippen LogP contribution in [0.3, 0.4) is 0 Å². The highest BCUT2D eigenvalue weighted by molar-refractivity contribution is 5.94. The smallest absolute Gasteiger partial charge is 0.337 e.